The summed E-state index contributed by atoms with van der Waals surface area (Å²) in [5, 5.41) is 3.31. The van der Waals surface area contributed by atoms with Gasteiger partial charge in [0.15, 0.2) is 0 Å². The highest BCUT2D eigenvalue weighted by molar-refractivity contribution is 7.80. The van der Waals surface area contributed by atoms with Crippen LogP contribution in [0, 0.1) is 6.92 Å². The van der Waals surface area contributed by atoms with E-state index in [2.05, 4.69) is 5.32 Å². The summed E-state index contributed by atoms with van der Waals surface area (Å²) < 4.78 is 5.62. The van der Waals surface area contributed by atoms with E-state index in [1.165, 1.54) is 0 Å². The predicted octanol–water partition coefficient (Wildman–Crippen LogP) is 3.12. The van der Waals surface area contributed by atoms with Crippen molar-refractivity contribution in [1.29, 1.82) is 0 Å². The lowest BCUT2D eigenvalue weighted by Gasteiger charge is -2.11. The Hall–Kier alpha value is -2.07. The number of hydrogen-bond acceptors (Lipinski definition) is 3. The van der Waals surface area contributed by atoms with Crippen LogP contribution in [0.4, 0.5) is 5.69 Å². The van der Waals surface area contributed by atoms with Crippen molar-refractivity contribution in [1.82, 2.24) is 0 Å². The van der Waals surface area contributed by atoms with Crippen LogP contribution >= 0.6 is 12.2 Å². The van der Waals surface area contributed by atoms with Crippen LogP contribution in [0.1, 0.15) is 11.1 Å². The molecule has 20 heavy (non-hydrogen) atoms. The molecule has 0 radical (unpaired) electrons. The van der Waals surface area contributed by atoms with Gasteiger partial charge >= 0.3 is 0 Å². The molecule has 0 bridgehead atoms. The maximum Gasteiger partial charge on any atom is 0.119 e. The van der Waals surface area contributed by atoms with E-state index < -0.39 is 0 Å². The lowest BCUT2D eigenvalue weighted by Crippen LogP contribution is -2.13. The first-order valence-corrected chi connectivity index (χ1v) is 6.90. The lowest BCUT2D eigenvalue weighted by atomic mass is 10.1. The van der Waals surface area contributed by atoms with Crippen LogP contribution in [0.2, 0.25) is 0 Å². The van der Waals surface area contributed by atoms with Gasteiger partial charge in [-0.1, -0.05) is 30.4 Å². The van der Waals surface area contributed by atoms with Gasteiger partial charge in [0, 0.05) is 17.8 Å². The Balaban J connectivity index is 1.83. The van der Waals surface area contributed by atoms with E-state index in [0.29, 0.717) is 11.6 Å². The van der Waals surface area contributed by atoms with Gasteiger partial charge in [-0.3, -0.25) is 0 Å². The molecule has 3 nitrogen and oxygen atoms in total. The third kappa shape index (κ3) is 3.96. The highest BCUT2D eigenvalue weighted by Crippen LogP contribution is 2.15. The van der Waals surface area contributed by atoms with Crippen LogP contribution in [0.3, 0.4) is 0 Å². The van der Waals surface area contributed by atoms with Gasteiger partial charge in [0.2, 0.25) is 0 Å². The van der Waals surface area contributed by atoms with Crippen LogP contribution < -0.4 is 15.8 Å². The Morgan fingerprint density at radius 1 is 1.20 bits per heavy atom. The van der Waals surface area contributed by atoms with E-state index in [9.17, 15) is 0 Å². The quantitative estimate of drug-likeness (QED) is 0.633. The SMILES string of the molecule is Cc1cc(NCCOc2ccccc2)ccc1C(N)=S. The smallest absolute Gasteiger partial charge is 0.119 e. The molecule has 0 fully saturated rings. The third-order valence-corrected chi connectivity index (χ3v) is 3.15. The summed E-state index contributed by atoms with van der Waals surface area (Å²) in [6.45, 7) is 3.35. The average Bonchev–Trinajstić information content (AvgIpc) is 2.44. The molecule has 0 aliphatic rings. The zero-order chi connectivity index (χ0) is 14.4. The Labute approximate surface area is 124 Å². The van der Waals surface area contributed by atoms with Crippen molar-refractivity contribution < 1.29 is 4.74 Å². The second kappa shape index (κ2) is 6.91. The van der Waals surface area contributed by atoms with Crippen molar-refractivity contribution in [3.8, 4) is 5.75 Å². The molecule has 0 aliphatic heterocycles. The molecule has 104 valence electrons. The Bertz CT molecular complexity index is 584. The van der Waals surface area contributed by atoms with Crippen molar-refractivity contribution in [3.63, 3.8) is 0 Å². The van der Waals surface area contributed by atoms with Gasteiger partial charge in [-0.2, -0.15) is 0 Å². The number of benzene rings is 2. The number of anilines is 1. The standard InChI is InChI=1S/C16H18N2OS/c1-12-11-13(7-8-15(12)16(17)20)18-9-10-19-14-5-3-2-4-6-14/h2-8,11,18H,9-10H2,1H3,(H2,17,20). The van der Waals surface area contributed by atoms with Crippen molar-refractivity contribution in [3.05, 3.63) is 59.7 Å². The molecule has 0 unspecified atom stereocenters. The van der Waals surface area contributed by atoms with E-state index in [0.717, 1.165) is 29.1 Å². The van der Waals surface area contributed by atoms with Gasteiger partial charge in [0.25, 0.3) is 0 Å². The number of aryl methyl sites for hydroxylation is 1. The maximum absolute atomic E-state index is 5.64. The molecule has 2 aromatic rings. The Kier molecular flexibility index (Phi) is 4.96. The maximum atomic E-state index is 5.64. The van der Waals surface area contributed by atoms with Crippen LogP contribution in [0.15, 0.2) is 48.5 Å². The van der Waals surface area contributed by atoms with Crippen molar-refractivity contribution in [2.24, 2.45) is 5.73 Å². The zero-order valence-electron chi connectivity index (χ0n) is 11.4. The number of nitrogens with one attached hydrogen (secondary N) is 1. The van der Waals surface area contributed by atoms with Gasteiger partial charge in [0.1, 0.15) is 17.3 Å². The Morgan fingerprint density at radius 3 is 2.60 bits per heavy atom. The molecule has 2 aromatic carbocycles. The number of nitrogens with two attached hydrogens (primary N) is 1. The molecule has 0 heterocycles. The molecule has 0 aliphatic carbocycles. The average molecular weight is 286 g/mol. The predicted molar refractivity (Wildman–Crippen MR) is 87.5 cm³/mol. The molecule has 0 aromatic heterocycles. The summed E-state index contributed by atoms with van der Waals surface area (Å²) in [5.41, 5.74) is 8.68. The molecule has 0 saturated carbocycles. The highest BCUT2D eigenvalue weighted by atomic mass is 32.1. The first-order valence-electron chi connectivity index (χ1n) is 6.49. The number of ether oxygens (including phenoxy) is 1. The van der Waals surface area contributed by atoms with Crippen LogP contribution in [-0.2, 0) is 0 Å². The number of para-hydroxylation sites is 1. The molecular formula is C16H18N2OS. The number of hydrogen-bond donors (Lipinski definition) is 2. The molecule has 2 rings (SSSR count). The fraction of sp³-hybridized carbons (Fsp3) is 0.188. The largest absolute Gasteiger partial charge is 0.492 e. The molecule has 4 heteroatoms. The normalized spacial score (nSPS) is 10.1. The van der Waals surface area contributed by atoms with Gasteiger partial charge in [-0.25, -0.2) is 0 Å². The van der Waals surface area contributed by atoms with E-state index >= 15 is 0 Å². The minimum Gasteiger partial charge on any atom is -0.492 e. The summed E-state index contributed by atoms with van der Waals surface area (Å²) in [5.74, 6) is 0.884. The minimum absolute atomic E-state index is 0.432. The van der Waals surface area contributed by atoms with Crippen LogP contribution in [0.25, 0.3) is 0 Å². The highest BCUT2D eigenvalue weighted by Gasteiger charge is 2.02. The summed E-state index contributed by atoms with van der Waals surface area (Å²) in [6, 6.07) is 15.7. The summed E-state index contributed by atoms with van der Waals surface area (Å²) in [6.07, 6.45) is 0. The second-order valence-electron chi connectivity index (χ2n) is 4.48. The van der Waals surface area contributed by atoms with E-state index in [1.807, 2.05) is 55.5 Å². The minimum atomic E-state index is 0.432. The summed E-state index contributed by atoms with van der Waals surface area (Å²) in [7, 11) is 0. The van der Waals surface area contributed by atoms with E-state index in [1.54, 1.807) is 0 Å². The topological polar surface area (TPSA) is 47.3 Å². The molecule has 0 saturated heterocycles. The van der Waals surface area contributed by atoms with Gasteiger partial charge in [-0.05, 0) is 42.8 Å². The first kappa shape index (κ1) is 14.3. The van der Waals surface area contributed by atoms with E-state index in [-0.39, 0.29) is 0 Å². The van der Waals surface area contributed by atoms with Crippen molar-refractivity contribution in [2.75, 3.05) is 18.5 Å². The fourth-order valence-corrected chi connectivity index (χ4v) is 2.16. The van der Waals surface area contributed by atoms with E-state index in [4.69, 9.17) is 22.7 Å². The van der Waals surface area contributed by atoms with Crippen molar-refractivity contribution in [2.45, 2.75) is 6.92 Å². The summed E-state index contributed by atoms with van der Waals surface area (Å²) in [4.78, 5) is 0.432. The fourth-order valence-electron chi connectivity index (χ4n) is 1.93. The van der Waals surface area contributed by atoms with Crippen LogP contribution in [-0.4, -0.2) is 18.1 Å². The molecule has 0 amide bonds. The zero-order valence-corrected chi connectivity index (χ0v) is 12.2. The first-order chi connectivity index (χ1) is 9.66. The van der Waals surface area contributed by atoms with Gasteiger partial charge in [0.05, 0.1) is 0 Å². The third-order valence-electron chi connectivity index (χ3n) is 2.93. The number of thiocarbonyl (C=S) groups is 1. The molecule has 3 N–H and O–H groups in total. The number of rotatable bonds is 6. The van der Waals surface area contributed by atoms with Crippen molar-refractivity contribution >= 4 is 22.9 Å². The molecule has 0 atom stereocenters. The van der Waals surface area contributed by atoms with Crippen LogP contribution in [0.5, 0.6) is 5.75 Å². The van der Waals surface area contributed by atoms with Gasteiger partial charge in [-0.15, -0.1) is 0 Å². The summed E-state index contributed by atoms with van der Waals surface area (Å²) >= 11 is 4.99. The molecule has 0 spiro atoms. The monoisotopic (exact) mass is 286 g/mol. The lowest BCUT2D eigenvalue weighted by molar-refractivity contribution is 0.333. The van der Waals surface area contributed by atoms with Gasteiger partial charge < -0.3 is 15.8 Å². The second-order valence-corrected chi connectivity index (χ2v) is 4.92. The molecular weight excluding hydrogens is 268 g/mol. The Morgan fingerprint density at radius 2 is 1.95 bits per heavy atom.